The molecule has 6 nitrogen and oxygen atoms in total. The quantitative estimate of drug-likeness (QED) is 0.836. The zero-order valence-corrected chi connectivity index (χ0v) is 13.0. The fourth-order valence-electron chi connectivity index (χ4n) is 2.28. The summed E-state index contributed by atoms with van der Waals surface area (Å²) in [6, 6.07) is 0.366. The molecular formula is C13H24N4O2S. The highest BCUT2D eigenvalue weighted by atomic mass is 32.2. The number of sulfonamides is 1. The highest BCUT2D eigenvalue weighted by molar-refractivity contribution is 7.92. The molecule has 1 fully saturated rings. The number of anilines is 1. The van der Waals surface area contributed by atoms with Gasteiger partial charge in [0.1, 0.15) is 0 Å². The third-order valence-corrected chi connectivity index (χ3v) is 4.84. The van der Waals surface area contributed by atoms with E-state index in [1.807, 2.05) is 18.5 Å². The number of piperidine rings is 1. The van der Waals surface area contributed by atoms with Gasteiger partial charge in [-0.1, -0.05) is 13.8 Å². The summed E-state index contributed by atoms with van der Waals surface area (Å²) in [5.41, 5.74) is 0.562. The average Bonchev–Trinajstić information content (AvgIpc) is 2.85. The van der Waals surface area contributed by atoms with E-state index in [0.29, 0.717) is 24.1 Å². The van der Waals surface area contributed by atoms with Gasteiger partial charge in [-0.15, -0.1) is 0 Å². The topological polar surface area (TPSA) is 76.0 Å². The molecule has 0 amide bonds. The van der Waals surface area contributed by atoms with Crippen molar-refractivity contribution in [3.05, 3.63) is 12.4 Å². The van der Waals surface area contributed by atoms with Gasteiger partial charge in [-0.05, 0) is 38.3 Å². The molecule has 20 heavy (non-hydrogen) atoms. The Bertz CT molecular complexity index is 518. The molecule has 2 rings (SSSR count). The minimum atomic E-state index is -3.26. The predicted molar refractivity (Wildman–Crippen MR) is 80.2 cm³/mol. The summed E-state index contributed by atoms with van der Waals surface area (Å²) in [6.07, 6.45) is 6.11. The molecule has 1 aliphatic heterocycles. The van der Waals surface area contributed by atoms with E-state index in [1.54, 1.807) is 12.4 Å². The van der Waals surface area contributed by atoms with Gasteiger partial charge in [0.2, 0.25) is 10.0 Å². The first-order chi connectivity index (χ1) is 9.46. The SMILES string of the molecule is CC(C)CCS(=O)(=O)Nc1cnn(C2CCNCC2)c1. The molecule has 1 aliphatic rings. The Labute approximate surface area is 121 Å². The van der Waals surface area contributed by atoms with E-state index in [1.165, 1.54) is 0 Å². The van der Waals surface area contributed by atoms with Gasteiger partial charge < -0.3 is 5.32 Å². The van der Waals surface area contributed by atoms with Crippen LogP contribution in [0, 0.1) is 5.92 Å². The Morgan fingerprint density at radius 3 is 2.80 bits per heavy atom. The van der Waals surface area contributed by atoms with E-state index in [-0.39, 0.29) is 5.75 Å². The summed E-state index contributed by atoms with van der Waals surface area (Å²) in [5, 5.41) is 7.59. The molecule has 2 heterocycles. The Hall–Kier alpha value is -1.08. The van der Waals surface area contributed by atoms with Gasteiger partial charge in [0.15, 0.2) is 0 Å². The van der Waals surface area contributed by atoms with E-state index in [2.05, 4.69) is 15.1 Å². The van der Waals surface area contributed by atoms with Crippen LogP contribution in [0.1, 0.15) is 39.2 Å². The van der Waals surface area contributed by atoms with Gasteiger partial charge in [0, 0.05) is 6.20 Å². The van der Waals surface area contributed by atoms with Crippen LogP contribution in [-0.4, -0.2) is 37.0 Å². The van der Waals surface area contributed by atoms with Crippen LogP contribution >= 0.6 is 0 Å². The molecule has 1 aromatic rings. The van der Waals surface area contributed by atoms with Crippen LogP contribution in [0.15, 0.2) is 12.4 Å². The molecule has 0 radical (unpaired) electrons. The van der Waals surface area contributed by atoms with Crippen LogP contribution in [0.4, 0.5) is 5.69 Å². The fourth-order valence-corrected chi connectivity index (χ4v) is 3.63. The van der Waals surface area contributed by atoms with Gasteiger partial charge >= 0.3 is 0 Å². The second kappa shape index (κ2) is 6.58. The molecular weight excluding hydrogens is 276 g/mol. The van der Waals surface area contributed by atoms with Crippen LogP contribution in [0.2, 0.25) is 0 Å². The van der Waals surface area contributed by atoms with Gasteiger partial charge in [-0.25, -0.2) is 8.42 Å². The molecule has 7 heteroatoms. The first-order valence-corrected chi connectivity index (χ1v) is 8.87. The normalized spacial score (nSPS) is 17.6. The van der Waals surface area contributed by atoms with E-state index >= 15 is 0 Å². The van der Waals surface area contributed by atoms with Crippen molar-refractivity contribution in [2.75, 3.05) is 23.6 Å². The van der Waals surface area contributed by atoms with Crippen LogP contribution in [0.5, 0.6) is 0 Å². The zero-order valence-electron chi connectivity index (χ0n) is 12.2. The first kappa shape index (κ1) is 15.3. The maximum atomic E-state index is 11.9. The van der Waals surface area contributed by atoms with Crippen LogP contribution in [-0.2, 0) is 10.0 Å². The number of nitrogens with one attached hydrogen (secondary N) is 2. The van der Waals surface area contributed by atoms with E-state index in [4.69, 9.17) is 0 Å². The number of hydrogen-bond donors (Lipinski definition) is 2. The number of aromatic nitrogens is 2. The monoisotopic (exact) mass is 300 g/mol. The third-order valence-electron chi connectivity index (χ3n) is 3.52. The lowest BCUT2D eigenvalue weighted by atomic mass is 10.1. The third kappa shape index (κ3) is 4.49. The molecule has 0 atom stereocenters. The first-order valence-electron chi connectivity index (χ1n) is 7.21. The van der Waals surface area contributed by atoms with Gasteiger partial charge in [-0.2, -0.15) is 5.10 Å². The molecule has 1 aromatic heterocycles. The van der Waals surface area contributed by atoms with Gasteiger partial charge in [0.05, 0.1) is 23.7 Å². The van der Waals surface area contributed by atoms with Crippen LogP contribution in [0.25, 0.3) is 0 Å². The predicted octanol–water partition coefficient (Wildman–Crippen LogP) is 1.60. The van der Waals surface area contributed by atoms with Gasteiger partial charge in [-0.3, -0.25) is 9.40 Å². The molecule has 0 aromatic carbocycles. The summed E-state index contributed by atoms with van der Waals surface area (Å²) in [5.74, 6) is 0.535. The molecule has 114 valence electrons. The van der Waals surface area contributed by atoms with Crippen molar-refractivity contribution in [2.24, 2.45) is 5.92 Å². The Kier molecular flexibility index (Phi) is 5.04. The summed E-state index contributed by atoms with van der Waals surface area (Å²) in [4.78, 5) is 0. The highest BCUT2D eigenvalue weighted by Gasteiger charge is 2.17. The van der Waals surface area contributed by atoms with E-state index < -0.39 is 10.0 Å². The number of hydrogen-bond acceptors (Lipinski definition) is 4. The standard InChI is InChI=1S/C13H24N4O2S/c1-11(2)5-8-20(18,19)16-12-9-15-17(10-12)13-3-6-14-7-4-13/h9-11,13-14,16H,3-8H2,1-2H3. The second-order valence-corrected chi connectivity index (χ2v) is 7.64. The van der Waals surface area contributed by atoms with Gasteiger partial charge in [0.25, 0.3) is 0 Å². The number of rotatable bonds is 6. The maximum Gasteiger partial charge on any atom is 0.232 e. The van der Waals surface area contributed by atoms with Crippen molar-refractivity contribution >= 4 is 15.7 Å². The minimum Gasteiger partial charge on any atom is -0.317 e. The maximum absolute atomic E-state index is 11.9. The summed E-state index contributed by atoms with van der Waals surface area (Å²) >= 11 is 0. The largest absolute Gasteiger partial charge is 0.317 e. The van der Waals surface area contributed by atoms with E-state index in [9.17, 15) is 8.42 Å². The van der Waals surface area contributed by atoms with Crippen molar-refractivity contribution in [2.45, 2.75) is 39.2 Å². The zero-order chi connectivity index (χ0) is 14.6. The Morgan fingerprint density at radius 2 is 2.15 bits per heavy atom. The van der Waals surface area contributed by atoms with Crippen molar-refractivity contribution in [1.29, 1.82) is 0 Å². The lowest BCUT2D eigenvalue weighted by molar-refractivity contribution is 0.343. The van der Waals surface area contributed by atoms with Crippen LogP contribution < -0.4 is 10.0 Å². The van der Waals surface area contributed by atoms with Crippen molar-refractivity contribution in [3.63, 3.8) is 0 Å². The number of nitrogens with zero attached hydrogens (tertiary/aromatic N) is 2. The molecule has 1 saturated heterocycles. The summed E-state index contributed by atoms with van der Waals surface area (Å²) < 4.78 is 28.3. The van der Waals surface area contributed by atoms with Crippen molar-refractivity contribution in [1.82, 2.24) is 15.1 Å². The minimum absolute atomic E-state index is 0.156. The summed E-state index contributed by atoms with van der Waals surface area (Å²) in [6.45, 7) is 6.01. The average molecular weight is 300 g/mol. The summed E-state index contributed by atoms with van der Waals surface area (Å²) in [7, 11) is -3.26. The Morgan fingerprint density at radius 1 is 1.45 bits per heavy atom. The second-order valence-electron chi connectivity index (χ2n) is 5.79. The molecule has 0 unspecified atom stereocenters. The molecule has 0 saturated carbocycles. The Balaban J connectivity index is 1.95. The lowest BCUT2D eigenvalue weighted by Gasteiger charge is -2.22. The smallest absolute Gasteiger partial charge is 0.232 e. The van der Waals surface area contributed by atoms with Crippen molar-refractivity contribution in [3.8, 4) is 0 Å². The fraction of sp³-hybridized carbons (Fsp3) is 0.769. The molecule has 2 N–H and O–H groups in total. The van der Waals surface area contributed by atoms with Crippen LogP contribution in [0.3, 0.4) is 0 Å². The van der Waals surface area contributed by atoms with Crippen molar-refractivity contribution < 1.29 is 8.42 Å². The lowest BCUT2D eigenvalue weighted by Crippen LogP contribution is -2.29. The highest BCUT2D eigenvalue weighted by Crippen LogP contribution is 2.20. The molecule has 0 bridgehead atoms. The molecule has 0 aliphatic carbocycles. The van der Waals surface area contributed by atoms with E-state index in [0.717, 1.165) is 25.9 Å². The molecule has 0 spiro atoms.